The Morgan fingerprint density at radius 3 is 2.01 bits per heavy atom. The molecule has 6 aromatic rings. The first-order chi connectivity index (χ1) is 44.1. The van der Waals surface area contributed by atoms with Crippen molar-refractivity contribution in [1.82, 2.24) is 57.9 Å². The Morgan fingerprint density at radius 1 is 0.707 bits per heavy atom. The zero-order chi connectivity index (χ0) is 66.3. The number of carboxylic acid groups (broad SMARTS) is 1. The van der Waals surface area contributed by atoms with Crippen LogP contribution >= 0.6 is 33.8 Å². The number of H-pyrrole nitrogens is 1. The Labute approximate surface area is 542 Å². The summed E-state index contributed by atoms with van der Waals surface area (Å²) in [4.78, 5) is 136. The van der Waals surface area contributed by atoms with Crippen molar-refractivity contribution in [2.75, 3.05) is 28.8 Å². The maximum atomic E-state index is 15.1. The smallest absolute Gasteiger partial charge is 0.328 e. The molecule has 1 aliphatic heterocycles. The first kappa shape index (κ1) is 70.1. The van der Waals surface area contributed by atoms with Crippen molar-refractivity contribution in [3.05, 3.63) is 156 Å². The van der Waals surface area contributed by atoms with Crippen LogP contribution in [-0.4, -0.2) is 167 Å². The van der Waals surface area contributed by atoms with E-state index in [0.29, 0.717) is 34.0 Å². The molecule has 3 heterocycles. The number of aromatic amines is 1. The molecule has 1 fully saturated rings. The number of para-hydroxylation sites is 2. The number of carbonyl (C=O) groups excluding carboxylic acids is 8. The van der Waals surface area contributed by atoms with Gasteiger partial charge in [0, 0.05) is 59.8 Å². The van der Waals surface area contributed by atoms with Crippen LogP contribution in [0.1, 0.15) is 60.2 Å². The number of aliphatic hydroxyl groups is 2. The Bertz CT molecular complexity index is 3520. The lowest BCUT2D eigenvalue weighted by molar-refractivity contribution is -0.145. The predicted molar refractivity (Wildman–Crippen MR) is 351 cm³/mol. The number of nitrogens with two attached hydrogens (primary N) is 1. The summed E-state index contributed by atoms with van der Waals surface area (Å²) in [5.74, 6) is -9.77. The van der Waals surface area contributed by atoms with Gasteiger partial charge in [-0.3, -0.25) is 49.2 Å². The van der Waals surface area contributed by atoms with E-state index in [9.17, 15) is 54.0 Å². The molecular weight excluding hydrogens is 1240 g/mol. The lowest BCUT2D eigenvalue weighted by Crippen LogP contribution is -2.62. The van der Waals surface area contributed by atoms with Gasteiger partial charge >= 0.3 is 5.97 Å². The minimum absolute atomic E-state index is 0.0384. The highest BCUT2D eigenvalue weighted by molar-refractivity contribution is 8.76. The van der Waals surface area contributed by atoms with E-state index in [1.165, 1.54) is 49.5 Å². The van der Waals surface area contributed by atoms with Gasteiger partial charge < -0.3 is 79.0 Å². The number of rotatable bonds is 22. The standard InChI is InChI=1S/C62H74N14O13S3/c1-34(77)51-60(87)72-49(59(86)74-52(35(2)78)61(88)89)33-92-91-32-48(71-56(83)45(27-36-13-5-3-6-14-36)68-53(80)38-22-25-50(65-30-38)75-76-62(90)66-40-15-7-4-8-16-40)58(85)69-46(28-37-20-23-41(79)24-21-37)55(82)70-47(29-39-31-64-43-18-10-9-17-42(39)43)57(84)67-44(54(81)73-51)19-11-12-26-63/h3-10,13-18,20-25,30-31,34-35,44-49,51-52,64,77-79H,11-12,19,26-29,32-33,63H2,1-2H3,(H,65,75)(H,67,84)(H,68,80)(H,69,85)(H,70,82)(H,71,83)(H,72,87)(H,73,81)(H,74,86)(H,88,89)(H2,66,76,90)/t34-,35-,44+,45-,46?,47-,48-,49?,51?,52+/m1/s1. The normalized spacial score (nSPS) is 19.9. The highest BCUT2D eigenvalue weighted by Crippen LogP contribution is 2.25. The second-order valence-corrected chi connectivity index (χ2v) is 24.6. The number of hydrogen-bond donors (Lipinski definition) is 17. The maximum Gasteiger partial charge on any atom is 0.328 e. The monoisotopic (exact) mass is 1320 g/mol. The van der Waals surface area contributed by atoms with Crippen molar-refractivity contribution in [1.29, 1.82) is 0 Å². The van der Waals surface area contributed by atoms with E-state index < -0.39 is 120 Å². The van der Waals surface area contributed by atoms with Crippen molar-refractivity contribution in [2.45, 2.75) is 113 Å². The molecule has 8 amide bonds. The summed E-state index contributed by atoms with van der Waals surface area (Å²) in [5.41, 5.74) is 14.6. The molecule has 0 bridgehead atoms. The number of hydrogen-bond acceptors (Lipinski definition) is 18. The van der Waals surface area contributed by atoms with Crippen LogP contribution in [0.3, 0.4) is 0 Å². The molecule has 1 aliphatic rings. The third-order valence-electron chi connectivity index (χ3n) is 14.5. The highest BCUT2D eigenvalue weighted by Gasteiger charge is 2.38. The van der Waals surface area contributed by atoms with Gasteiger partial charge in [-0.15, -0.1) is 0 Å². The number of fused-ring (bicyclic) bond motifs is 1. The lowest BCUT2D eigenvalue weighted by Gasteiger charge is -2.29. The zero-order valence-corrected chi connectivity index (χ0v) is 52.5. The summed E-state index contributed by atoms with van der Waals surface area (Å²) in [7, 11) is 1.75. The average Bonchev–Trinajstić information content (AvgIpc) is 1.62. The molecule has 7 rings (SSSR count). The number of amides is 8. The molecule has 30 heteroatoms. The van der Waals surface area contributed by atoms with Gasteiger partial charge in [-0.1, -0.05) is 100 Å². The van der Waals surface area contributed by atoms with Crippen LogP contribution in [0.25, 0.3) is 10.9 Å². The fraction of sp³-hybridized carbons (Fsp3) is 0.339. The van der Waals surface area contributed by atoms with Gasteiger partial charge in [0.05, 0.1) is 17.8 Å². The molecule has 92 heavy (non-hydrogen) atoms. The number of anilines is 2. The first-order valence-corrected chi connectivity index (χ1v) is 32.2. The van der Waals surface area contributed by atoms with E-state index in [0.717, 1.165) is 34.2 Å². The van der Waals surface area contributed by atoms with E-state index in [2.05, 4.69) is 68.7 Å². The summed E-state index contributed by atoms with van der Waals surface area (Å²) in [6.07, 6.45) is -0.310. The van der Waals surface area contributed by atoms with Crippen LogP contribution in [-0.2, 0) is 57.6 Å². The number of benzene rings is 4. The van der Waals surface area contributed by atoms with Crippen LogP contribution < -0.4 is 64.4 Å². The molecule has 10 atom stereocenters. The van der Waals surface area contributed by atoms with Crippen LogP contribution in [0, 0.1) is 0 Å². The van der Waals surface area contributed by atoms with Gasteiger partial charge in [-0.05, 0) is 111 Å². The average molecular weight is 1320 g/mol. The number of nitrogens with one attached hydrogen (secondary N) is 12. The van der Waals surface area contributed by atoms with E-state index in [4.69, 9.17) is 18.0 Å². The predicted octanol–water partition coefficient (Wildman–Crippen LogP) is 1.17. The number of carboxylic acids is 1. The number of aliphatic carboxylic acids is 1. The van der Waals surface area contributed by atoms with E-state index in [1.54, 1.807) is 60.8 Å². The number of nitrogens with zero attached hydrogens (tertiary/aromatic N) is 1. The van der Waals surface area contributed by atoms with E-state index in [-0.39, 0.29) is 66.6 Å². The SMILES string of the molecule is C[C@@H](O)C1NC(=O)[C@H](CCCCN)NC(=O)[C@@H](Cc2c[nH]c3ccccc23)NC(=O)C(Cc2ccc(O)cc2)NC(=O)[C@H](NC(=O)[C@@H](Cc2ccccc2)NC(=O)c2ccc(NNC(=S)Nc3ccccc3)nc2)CSSCC(C(=O)N[C@H](C(=O)O)[C@@H](C)O)NC1=O. The number of phenols is 1. The van der Waals surface area contributed by atoms with Crippen LogP contribution in [0.4, 0.5) is 11.5 Å². The third-order valence-corrected chi connectivity index (χ3v) is 17.1. The van der Waals surface area contributed by atoms with Crippen LogP contribution in [0.15, 0.2) is 134 Å². The van der Waals surface area contributed by atoms with Crippen LogP contribution in [0.2, 0.25) is 0 Å². The molecule has 0 spiro atoms. The molecule has 0 radical (unpaired) electrons. The summed E-state index contributed by atoms with van der Waals surface area (Å²) >= 11 is 5.37. The van der Waals surface area contributed by atoms with Crippen LogP contribution in [0.5, 0.6) is 5.75 Å². The van der Waals surface area contributed by atoms with Crippen molar-refractivity contribution in [3.8, 4) is 5.75 Å². The summed E-state index contributed by atoms with van der Waals surface area (Å²) < 4.78 is 0. The molecule has 18 N–H and O–H groups in total. The molecule has 2 aromatic heterocycles. The molecule has 0 aliphatic carbocycles. The van der Waals surface area contributed by atoms with E-state index in [1.807, 2.05) is 30.3 Å². The Balaban J connectivity index is 1.25. The van der Waals surface area contributed by atoms with Crippen molar-refractivity contribution >= 4 is 115 Å². The number of thiocarbonyl (C=S) groups is 1. The number of aromatic hydroxyl groups is 1. The van der Waals surface area contributed by atoms with Gasteiger partial charge in [0.1, 0.15) is 53.9 Å². The fourth-order valence-corrected chi connectivity index (χ4v) is 12.0. The Morgan fingerprint density at radius 2 is 1.35 bits per heavy atom. The zero-order valence-electron chi connectivity index (χ0n) is 50.1. The lowest BCUT2D eigenvalue weighted by atomic mass is 10.0. The number of phenolic OH excluding ortho intramolecular Hbond substituents is 1. The molecule has 0 saturated carbocycles. The summed E-state index contributed by atoms with van der Waals surface area (Å²) in [6.45, 7) is 2.51. The van der Waals surface area contributed by atoms with Crippen molar-refractivity contribution < 1.29 is 63.6 Å². The summed E-state index contributed by atoms with van der Waals surface area (Å²) in [5, 5.41) is 66.4. The molecule has 4 aromatic carbocycles. The number of carbonyl (C=O) groups is 9. The van der Waals surface area contributed by atoms with E-state index >= 15 is 9.59 Å². The highest BCUT2D eigenvalue weighted by atomic mass is 33.1. The molecular formula is C62H74N14O13S3. The third kappa shape index (κ3) is 21.1. The van der Waals surface area contributed by atoms with Crippen molar-refractivity contribution in [2.24, 2.45) is 5.73 Å². The van der Waals surface area contributed by atoms with Gasteiger partial charge in [0.25, 0.3) is 5.91 Å². The minimum Gasteiger partial charge on any atom is -0.508 e. The minimum atomic E-state index is -1.87. The number of aliphatic hydroxyl groups excluding tert-OH is 2. The van der Waals surface area contributed by atoms with Gasteiger partial charge in [0.15, 0.2) is 11.2 Å². The topological polar surface area (TPSA) is 422 Å². The molecule has 1 saturated heterocycles. The molecule has 27 nitrogen and oxygen atoms in total. The Kier molecular flexibility index (Phi) is 26.5. The Hall–Kier alpha value is -9.33. The number of hydrazine groups is 1. The second kappa shape index (κ2) is 34.8. The quantitative estimate of drug-likeness (QED) is 0.0196. The van der Waals surface area contributed by atoms with Gasteiger partial charge in [0.2, 0.25) is 41.4 Å². The first-order valence-electron chi connectivity index (χ1n) is 29.3. The largest absolute Gasteiger partial charge is 0.508 e. The second-order valence-electron chi connectivity index (χ2n) is 21.6. The maximum absolute atomic E-state index is 15.1. The van der Waals surface area contributed by atoms with Gasteiger partial charge in [-0.25, -0.2) is 9.78 Å². The molecule has 488 valence electrons. The van der Waals surface area contributed by atoms with Gasteiger partial charge in [-0.2, -0.15) is 0 Å². The molecule has 3 unspecified atom stereocenters. The number of pyridine rings is 1. The van der Waals surface area contributed by atoms with Crippen molar-refractivity contribution in [3.63, 3.8) is 0 Å². The fourth-order valence-electron chi connectivity index (χ4n) is 9.53. The number of unbranched alkanes of at least 4 members (excludes halogenated alkanes) is 1. The number of aromatic nitrogens is 2. The summed E-state index contributed by atoms with van der Waals surface area (Å²) in [6, 6.07) is 20.9.